The van der Waals surface area contributed by atoms with Crippen molar-refractivity contribution in [2.75, 3.05) is 6.61 Å². The Morgan fingerprint density at radius 2 is 1.48 bits per heavy atom. The van der Waals surface area contributed by atoms with Crippen LogP contribution >= 0.6 is 12.0 Å². The van der Waals surface area contributed by atoms with Gasteiger partial charge in [-0.2, -0.15) is 0 Å². The Morgan fingerprint density at radius 1 is 0.870 bits per heavy atom. The zero-order valence-corrected chi connectivity index (χ0v) is 14.8. The first-order chi connectivity index (χ1) is 11.2. The molecule has 0 aliphatic rings. The lowest BCUT2D eigenvalue weighted by atomic mass is 10.2. The minimum absolute atomic E-state index is 0.197. The van der Waals surface area contributed by atoms with Gasteiger partial charge in [0, 0.05) is 0 Å². The van der Waals surface area contributed by atoms with Crippen molar-refractivity contribution in [1.29, 1.82) is 0 Å². The molecule has 0 aromatic heterocycles. The van der Waals surface area contributed by atoms with Gasteiger partial charge in [-0.3, -0.25) is 0 Å². The molecule has 0 bridgehead atoms. The first kappa shape index (κ1) is 17.5. The van der Waals surface area contributed by atoms with E-state index in [0.29, 0.717) is 0 Å². The number of ether oxygens (including phenoxy) is 2. The third-order valence-corrected chi connectivity index (χ3v) is 3.73. The molecule has 0 spiro atoms. The quantitative estimate of drug-likeness (QED) is 0.568. The fourth-order valence-electron chi connectivity index (χ4n) is 1.91. The Bertz CT molecular complexity index is 564. The van der Waals surface area contributed by atoms with E-state index >= 15 is 0 Å². The third kappa shape index (κ3) is 6.45. The summed E-state index contributed by atoms with van der Waals surface area (Å²) >= 11 is 1.42. The maximum Gasteiger partial charge on any atom is 0.137 e. The van der Waals surface area contributed by atoms with Crippen LogP contribution in [0.5, 0.6) is 17.2 Å². The van der Waals surface area contributed by atoms with E-state index in [1.54, 1.807) is 0 Å². The van der Waals surface area contributed by atoms with Gasteiger partial charge in [-0.05, 0) is 62.2 Å². The molecular formula is C19H24O3S. The maximum atomic E-state index is 5.69. The van der Waals surface area contributed by atoms with Crippen LogP contribution in [0.1, 0.15) is 32.8 Å². The van der Waals surface area contributed by atoms with E-state index in [9.17, 15) is 0 Å². The van der Waals surface area contributed by atoms with Gasteiger partial charge >= 0.3 is 0 Å². The van der Waals surface area contributed by atoms with Crippen LogP contribution in [0.2, 0.25) is 0 Å². The predicted molar refractivity (Wildman–Crippen MR) is 96.4 cm³/mol. The lowest BCUT2D eigenvalue weighted by Crippen LogP contribution is -2.05. The number of benzene rings is 2. The fourth-order valence-corrected chi connectivity index (χ4v) is 2.55. The van der Waals surface area contributed by atoms with Crippen LogP contribution < -0.4 is 13.7 Å². The highest BCUT2D eigenvalue weighted by atomic mass is 32.2. The van der Waals surface area contributed by atoms with Crippen molar-refractivity contribution in [3.63, 3.8) is 0 Å². The lowest BCUT2D eigenvalue weighted by Gasteiger charge is -2.10. The van der Waals surface area contributed by atoms with E-state index in [0.717, 1.165) is 36.0 Å². The summed E-state index contributed by atoms with van der Waals surface area (Å²) in [7, 11) is 0. The third-order valence-electron chi connectivity index (χ3n) is 2.97. The SMILES string of the molecule is CCCOc1ccc(OSCc2ccc(OC(C)C)cc2)cc1. The Kier molecular flexibility index (Phi) is 7.14. The molecule has 0 fully saturated rings. The van der Waals surface area contributed by atoms with Crippen LogP contribution in [0.4, 0.5) is 0 Å². The fraction of sp³-hybridized carbons (Fsp3) is 0.368. The van der Waals surface area contributed by atoms with Gasteiger partial charge in [0.2, 0.25) is 0 Å². The lowest BCUT2D eigenvalue weighted by molar-refractivity contribution is 0.242. The van der Waals surface area contributed by atoms with Crippen LogP contribution in [0.15, 0.2) is 48.5 Å². The van der Waals surface area contributed by atoms with E-state index in [1.165, 1.54) is 17.6 Å². The van der Waals surface area contributed by atoms with Crippen LogP contribution in [0.3, 0.4) is 0 Å². The van der Waals surface area contributed by atoms with Gasteiger partial charge < -0.3 is 13.7 Å². The van der Waals surface area contributed by atoms with Gasteiger partial charge in [-0.1, -0.05) is 19.1 Å². The van der Waals surface area contributed by atoms with E-state index in [1.807, 2.05) is 50.2 Å². The molecule has 0 aliphatic heterocycles. The van der Waals surface area contributed by atoms with E-state index in [-0.39, 0.29) is 6.10 Å². The zero-order valence-electron chi connectivity index (χ0n) is 14.0. The normalized spacial score (nSPS) is 10.6. The molecule has 0 saturated heterocycles. The average Bonchev–Trinajstić information content (AvgIpc) is 2.55. The molecule has 2 aromatic carbocycles. The monoisotopic (exact) mass is 332 g/mol. The second-order valence-corrected chi connectivity index (χ2v) is 6.17. The maximum absolute atomic E-state index is 5.69. The van der Waals surface area contributed by atoms with Crippen molar-refractivity contribution in [3.05, 3.63) is 54.1 Å². The Labute approximate surface area is 143 Å². The molecule has 0 unspecified atom stereocenters. The summed E-state index contributed by atoms with van der Waals surface area (Å²) in [5, 5.41) is 0. The predicted octanol–water partition coefficient (Wildman–Crippen LogP) is 5.49. The first-order valence-electron chi connectivity index (χ1n) is 7.95. The summed E-state index contributed by atoms with van der Waals surface area (Å²) in [6.45, 7) is 6.88. The van der Waals surface area contributed by atoms with Gasteiger partial charge in [-0.15, -0.1) is 0 Å². The largest absolute Gasteiger partial charge is 0.494 e. The molecular weight excluding hydrogens is 308 g/mol. The van der Waals surface area contributed by atoms with Crippen molar-refractivity contribution >= 4 is 12.0 Å². The summed E-state index contributed by atoms with van der Waals surface area (Å²) in [5.41, 5.74) is 1.20. The molecule has 3 nitrogen and oxygen atoms in total. The van der Waals surface area contributed by atoms with Gasteiger partial charge in [0.25, 0.3) is 0 Å². The van der Waals surface area contributed by atoms with Crippen molar-refractivity contribution < 1.29 is 13.7 Å². The molecule has 4 heteroatoms. The molecule has 0 radical (unpaired) electrons. The highest BCUT2D eigenvalue weighted by molar-refractivity contribution is 7.94. The molecule has 2 aromatic rings. The average molecular weight is 332 g/mol. The summed E-state index contributed by atoms with van der Waals surface area (Å²) in [6, 6.07) is 15.8. The second kappa shape index (κ2) is 9.36. The van der Waals surface area contributed by atoms with Crippen LogP contribution in [-0.2, 0) is 5.75 Å². The highest BCUT2D eigenvalue weighted by Crippen LogP contribution is 2.23. The van der Waals surface area contributed by atoms with Crippen molar-refractivity contribution in [1.82, 2.24) is 0 Å². The van der Waals surface area contributed by atoms with E-state index < -0.39 is 0 Å². The smallest absolute Gasteiger partial charge is 0.137 e. The van der Waals surface area contributed by atoms with Crippen LogP contribution in [0, 0.1) is 0 Å². The van der Waals surface area contributed by atoms with Gasteiger partial charge in [0.05, 0.1) is 30.5 Å². The Morgan fingerprint density at radius 3 is 2.09 bits per heavy atom. The van der Waals surface area contributed by atoms with Crippen molar-refractivity contribution in [2.24, 2.45) is 0 Å². The standard InChI is InChI=1S/C19H24O3S/c1-4-13-20-17-9-11-19(12-10-17)22-23-14-16-5-7-18(8-6-16)21-15(2)3/h5-12,15H,4,13-14H2,1-3H3. The number of hydrogen-bond acceptors (Lipinski definition) is 4. The highest BCUT2D eigenvalue weighted by Gasteiger charge is 2.01. The molecule has 0 heterocycles. The second-order valence-electron chi connectivity index (χ2n) is 5.48. The van der Waals surface area contributed by atoms with Crippen molar-refractivity contribution in [2.45, 2.75) is 39.0 Å². The molecule has 23 heavy (non-hydrogen) atoms. The van der Waals surface area contributed by atoms with Crippen LogP contribution in [0.25, 0.3) is 0 Å². The molecule has 0 saturated carbocycles. The zero-order chi connectivity index (χ0) is 16.5. The molecule has 2 rings (SSSR count). The minimum atomic E-state index is 0.197. The first-order valence-corrected chi connectivity index (χ1v) is 8.86. The van der Waals surface area contributed by atoms with Gasteiger partial charge in [0.15, 0.2) is 0 Å². The summed E-state index contributed by atoms with van der Waals surface area (Å²) < 4.78 is 16.9. The molecule has 0 amide bonds. The number of rotatable bonds is 9. The van der Waals surface area contributed by atoms with E-state index in [2.05, 4.69) is 19.1 Å². The molecule has 0 aliphatic carbocycles. The summed E-state index contributed by atoms with van der Waals surface area (Å²) in [6.07, 6.45) is 1.21. The summed E-state index contributed by atoms with van der Waals surface area (Å²) in [5.74, 6) is 3.40. The molecule has 0 N–H and O–H groups in total. The molecule has 124 valence electrons. The minimum Gasteiger partial charge on any atom is -0.494 e. The topological polar surface area (TPSA) is 27.7 Å². The number of hydrogen-bond donors (Lipinski definition) is 0. The van der Waals surface area contributed by atoms with Crippen molar-refractivity contribution in [3.8, 4) is 17.2 Å². The Hall–Kier alpha value is -1.81. The van der Waals surface area contributed by atoms with Gasteiger partial charge in [-0.25, -0.2) is 0 Å². The molecule has 0 atom stereocenters. The van der Waals surface area contributed by atoms with E-state index in [4.69, 9.17) is 13.7 Å². The summed E-state index contributed by atoms with van der Waals surface area (Å²) in [4.78, 5) is 0. The van der Waals surface area contributed by atoms with Gasteiger partial charge in [0.1, 0.15) is 17.2 Å². The van der Waals surface area contributed by atoms with Crippen LogP contribution in [-0.4, -0.2) is 12.7 Å². The Balaban J connectivity index is 1.76.